The number of hydrogen-bond donors (Lipinski definition) is 2. The van der Waals surface area contributed by atoms with Crippen LogP contribution in [0.4, 0.5) is 10.5 Å². The lowest BCUT2D eigenvalue weighted by Gasteiger charge is -2.10. The summed E-state index contributed by atoms with van der Waals surface area (Å²) in [5.41, 5.74) is 2.72. The molecule has 6 heteroatoms. The summed E-state index contributed by atoms with van der Waals surface area (Å²) < 4.78 is 1.14. The summed E-state index contributed by atoms with van der Waals surface area (Å²) in [6.45, 7) is 2.36. The number of rotatable bonds is 3. The van der Waals surface area contributed by atoms with Crippen molar-refractivity contribution in [3.05, 3.63) is 56.4 Å². The molecule has 0 atom stereocenters. The molecule has 0 aliphatic rings. The summed E-state index contributed by atoms with van der Waals surface area (Å²) in [5, 5.41) is 6.03. The van der Waals surface area contributed by atoms with Crippen molar-refractivity contribution in [2.24, 2.45) is 0 Å². The van der Waals surface area contributed by atoms with Crippen LogP contribution in [0.25, 0.3) is 0 Å². The quantitative estimate of drug-likeness (QED) is 0.604. The van der Waals surface area contributed by atoms with Crippen molar-refractivity contribution in [1.29, 1.82) is 0 Å². The zero-order valence-electron chi connectivity index (χ0n) is 10.8. The smallest absolute Gasteiger partial charge is 0.319 e. The summed E-state index contributed by atoms with van der Waals surface area (Å²) in [5.74, 6) is 0. The normalized spacial score (nSPS) is 10.2. The molecular weight excluding hydrogens is 389 g/mol. The van der Waals surface area contributed by atoms with Gasteiger partial charge in [-0.25, -0.2) is 9.78 Å². The van der Waals surface area contributed by atoms with Crippen LogP contribution in [-0.4, -0.2) is 11.0 Å². The molecule has 1 heterocycles. The Bertz CT molecular complexity index is 616. The fraction of sp³-hybridized carbons (Fsp3) is 0.143. The van der Waals surface area contributed by atoms with Gasteiger partial charge in [0.15, 0.2) is 0 Å². The zero-order chi connectivity index (χ0) is 14.5. The number of aryl methyl sites for hydroxylation is 1. The summed E-state index contributed by atoms with van der Waals surface area (Å²) in [6, 6.07) is 9.13. The summed E-state index contributed by atoms with van der Waals surface area (Å²) in [6.07, 6.45) is 1.64. The topological polar surface area (TPSA) is 54.0 Å². The Labute approximate surface area is 136 Å². The van der Waals surface area contributed by atoms with Gasteiger partial charge in [-0.1, -0.05) is 17.7 Å². The molecule has 2 amide bonds. The minimum absolute atomic E-state index is 0.246. The fourth-order valence-electron chi connectivity index (χ4n) is 1.63. The van der Waals surface area contributed by atoms with E-state index in [2.05, 4.69) is 38.2 Å². The van der Waals surface area contributed by atoms with E-state index in [1.807, 2.05) is 31.2 Å². The van der Waals surface area contributed by atoms with E-state index in [-0.39, 0.29) is 6.03 Å². The number of pyridine rings is 1. The van der Waals surface area contributed by atoms with Crippen LogP contribution in [0, 0.1) is 10.5 Å². The van der Waals surface area contributed by atoms with Gasteiger partial charge >= 0.3 is 6.03 Å². The average Bonchev–Trinajstić information content (AvgIpc) is 2.41. The molecule has 0 unspecified atom stereocenters. The third-order valence-corrected chi connectivity index (χ3v) is 3.57. The number of amides is 2. The third-order valence-electron chi connectivity index (χ3n) is 2.68. The Morgan fingerprint density at radius 2 is 2.15 bits per heavy atom. The maximum Gasteiger partial charge on any atom is 0.319 e. The fourth-order valence-corrected chi connectivity index (χ4v) is 2.39. The minimum atomic E-state index is -0.246. The van der Waals surface area contributed by atoms with E-state index in [1.165, 1.54) is 0 Å². The highest BCUT2D eigenvalue weighted by molar-refractivity contribution is 14.1. The number of nitrogens with zero attached hydrogens (tertiary/aromatic N) is 1. The Morgan fingerprint density at radius 1 is 1.35 bits per heavy atom. The minimum Gasteiger partial charge on any atom is -0.334 e. The van der Waals surface area contributed by atoms with E-state index in [0.29, 0.717) is 11.7 Å². The van der Waals surface area contributed by atoms with Gasteiger partial charge in [-0.2, -0.15) is 0 Å². The largest absolute Gasteiger partial charge is 0.334 e. The van der Waals surface area contributed by atoms with Gasteiger partial charge in [-0.05, 0) is 64.9 Å². The first-order chi connectivity index (χ1) is 9.54. The van der Waals surface area contributed by atoms with Crippen molar-refractivity contribution < 1.29 is 4.79 Å². The lowest BCUT2D eigenvalue weighted by molar-refractivity contribution is 0.251. The van der Waals surface area contributed by atoms with Crippen molar-refractivity contribution in [2.45, 2.75) is 13.5 Å². The molecule has 2 rings (SSSR count). The molecule has 0 saturated heterocycles. The number of halogens is 2. The van der Waals surface area contributed by atoms with Crippen molar-refractivity contribution in [3.63, 3.8) is 0 Å². The number of aromatic nitrogens is 1. The molecular formula is C14H13ClIN3O. The maximum atomic E-state index is 11.8. The van der Waals surface area contributed by atoms with Crippen LogP contribution in [0.2, 0.25) is 5.15 Å². The van der Waals surface area contributed by atoms with Gasteiger partial charge in [-0.15, -0.1) is 0 Å². The summed E-state index contributed by atoms with van der Waals surface area (Å²) >= 11 is 7.94. The molecule has 0 bridgehead atoms. The van der Waals surface area contributed by atoms with E-state index in [0.717, 1.165) is 20.4 Å². The second-order valence-electron chi connectivity index (χ2n) is 4.26. The van der Waals surface area contributed by atoms with Crippen molar-refractivity contribution in [3.8, 4) is 0 Å². The van der Waals surface area contributed by atoms with Gasteiger partial charge in [-0.3, -0.25) is 0 Å². The molecule has 0 saturated carbocycles. The predicted octanol–water partition coefficient (Wildman–Crippen LogP) is 3.97. The van der Waals surface area contributed by atoms with Gasteiger partial charge in [0, 0.05) is 22.0 Å². The Balaban J connectivity index is 1.90. The molecule has 4 nitrogen and oxygen atoms in total. The monoisotopic (exact) mass is 401 g/mol. The van der Waals surface area contributed by atoms with Crippen LogP contribution in [0.1, 0.15) is 11.1 Å². The summed E-state index contributed by atoms with van der Waals surface area (Å²) in [7, 11) is 0. The average molecular weight is 402 g/mol. The molecule has 104 valence electrons. The van der Waals surface area contributed by atoms with E-state index in [1.54, 1.807) is 12.3 Å². The second-order valence-corrected chi connectivity index (χ2v) is 5.89. The predicted molar refractivity (Wildman–Crippen MR) is 89.0 cm³/mol. The van der Waals surface area contributed by atoms with Crippen LogP contribution < -0.4 is 10.6 Å². The van der Waals surface area contributed by atoms with E-state index in [9.17, 15) is 4.79 Å². The first kappa shape index (κ1) is 15.1. The Kier molecular flexibility index (Phi) is 5.19. The zero-order valence-corrected chi connectivity index (χ0v) is 13.7. The van der Waals surface area contributed by atoms with Gasteiger partial charge in [0.1, 0.15) is 5.15 Å². The lowest BCUT2D eigenvalue weighted by Crippen LogP contribution is -2.28. The van der Waals surface area contributed by atoms with Gasteiger partial charge in [0.25, 0.3) is 0 Å². The molecule has 0 fully saturated rings. The third kappa shape index (κ3) is 4.35. The highest BCUT2D eigenvalue weighted by atomic mass is 127. The molecule has 2 aromatic rings. The number of carbonyl (C=O) groups is 1. The lowest BCUT2D eigenvalue weighted by atomic mass is 10.2. The number of nitrogens with one attached hydrogen (secondary N) is 2. The molecule has 0 aliphatic carbocycles. The molecule has 1 aromatic carbocycles. The number of benzene rings is 1. The van der Waals surface area contributed by atoms with Crippen molar-refractivity contribution in [2.75, 3.05) is 5.32 Å². The highest BCUT2D eigenvalue weighted by Crippen LogP contribution is 2.17. The van der Waals surface area contributed by atoms with Gasteiger partial charge in [0.05, 0.1) is 0 Å². The molecule has 0 radical (unpaired) electrons. The highest BCUT2D eigenvalue weighted by Gasteiger charge is 2.04. The standard InChI is InChI=1S/C14H13ClIN3O/c1-9-6-11(16)3-4-12(9)19-14(20)18-8-10-2-5-13(15)17-7-10/h2-7H,8H2,1H3,(H2,18,19,20). The maximum absolute atomic E-state index is 11.8. The van der Waals surface area contributed by atoms with E-state index >= 15 is 0 Å². The molecule has 1 aromatic heterocycles. The number of anilines is 1. The van der Waals surface area contributed by atoms with Crippen LogP contribution in [0.5, 0.6) is 0 Å². The SMILES string of the molecule is Cc1cc(I)ccc1NC(=O)NCc1ccc(Cl)nc1. The Morgan fingerprint density at radius 3 is 2.80 bits per heavy atom. The Hall–Kier alpha value is -1.34. The van der Waals surface area contributed by atoms with E-state index in [4.69, 9.17) is 11.6 Å². The summed E-state index contributed by atoms with van der Waals surface area (Å²) in [4.78, 5) is 15.8. The van der Waals surface area contributed by atoms with Crippen molar-refractivity contribution in [1.82, 2.24) is 10.3 Å². The molecule has 0 aliphatic heterocycles. The number of hydrogen-bond acceptors (Lipinski definition) is 2. The van der Waals surface area contributed by atoms with Gasteiger partial charge in [0.2, 0.25) is 0 Å². The first-order valence-corrected chi connectivity index (χ1v) is 7.42. The van der Waals surface area contributed by atoms with Crippen LogP contribution >= 0.6 is 34.2 Å². The second kappa shape index (κ2) is 6.90. The molecule has 20 heavy (non-hydrogen) atoms. The first-order valence-electron chi connectivity index (χ1n) is 5.96. The number of carbonyl (C=O) groups excluding carboxylic acids is 1. The van der Waals surface area contributed by atoms with Crippen LogP contribution in [0.3, 0.4) is 0 Å². The van der Waals surface area contributed by atoms with Crippen molar-refractivity contribution >= 4 is 45.9 Å². The molecule has 2 N–H and O–H groups in total. The van der Waals surface area contributed by atoms with Crippen LogP contribution in [0.15, 0.2) is 36.5 Å². The number of urea groups is 1. The van der Waals surface area contributed by atoms with E-state index < -0.39 is 0 Å². The molecule has 0 spiro atoms. The van der Waals surface area contributed by atoms with Crippen LogP contribution in [-0.2, 0) is 6.54 Å². The van der Waals surface area contributed by atoms with Gasteiger partial charge < -0.3 is 10.6 Å².